The summed E-state index contributed by atoms with van der Waals surface area (Å²) in [5.74, 6) is 0.903. The fourth-order valence-corrected chi connectivity index (χ4v) is 6.85. The molecule has 0 saturated carbocycles. The van der Waals surface area contributed by atoms with Crippen molar-refractivity contribution in [1.82, 2.24) is 10.6 Å². The van der Waals surface area contributed by atoms with E-state index in [1.165, 1.54) is 0 Å². The number of allylic oxidation sites excluding steroid dienone is 3. The second-order valence-electron chi connectivity index (χ2n) is 12.1. The topological polar surface area (TPSA) is 117 Å². The number of dihydropyridines is 1. The van der Waals surface area contributed by atoms with Crippen LogP contribution in [0.4, 0.5) is 5.69 Å². The molecule has 3 aliphatic rings. The maximum Gasteiger partial charge on any atom is 0.314 e. The fraction of sp³-hybridized carbons (Fsp3) is 0.444. The van der Waals surface area contributed by atoms with Gasteiger partial charge in [0, 0.05) is 68.1 Å². The molecule has 3 aliphatic heterocycles. The van der Waals surface area contributed by atoms with Gasteiger partial charge in [-0.05, 0) is 99.4 Å². The SMILES string of the molecule is CCN(c1cc(-c2ccc(C3(C(=O)O)CCOCC3)cc2)cc(C(=O)NCC2=C(C)C=C(C)NC2=C=O)c1C)C1CCOCC1. The van der Waals surface area contributed by atoms with E-state index in [4.69, 9.17) is 9.47 Å². The molecule has 0 bridgehead atoms. The zero-order valence-electron chi connectivity index (χ0n) is 26.6. The number of carbonyl (C=O) groups excluding carboxylic acids is 2. The van der Waals surface area contributed by atoms with Gasteiger partial charge in [-0.15, -0.1) is 0 Å². The number of carboxylic acid groups (broad SMARTS) is 1. The van der Waals surface area contributed by atoms with Crippen LogP contribution in [0.2, 0.25) is 0 Å². The van der Waals surface area contributed by atoms with Crippen LogP contribution in [-0.2, 0) is 24.5 Å². The molecule has 0 aromatic heterocycles. The lowest BCUT2D eigenvalue weighted by Gasteiger charge is -2.37. The molecule has 0 unspecified atom stereocenters. The van der Waals surface area contributed by atoms with Gasteiger partial charge in [0.15, 0.2) is 5.94 Å². The number of nitrogens with zero attached hydrogens (tertiary/aromatic N) is 1. The van der Waals surface area contributed by atoms with Crippen molar-refractivity contribution in [3.63, 3.8) is 0 Å². The summed E-state index contributed by atoms with van der Waals surface area (Å²) >= 11 is 0. The maximum absolute atomic E-state index is 13.9. The smallest absolute Gasteiger partial charge is 0.314 e. The van der Waals surface area contributed by atoms with E-state index in [0.29, 0.717) is 56.1 Å². The van der Waals surface area contributed by atoms with E-state index in [9.17, 15) is 19.5 Å². The van der Waals surface area contributed by atoms with Crippen LogP contribution in [0, 0.1) is 6.92 Å². The van der Waals surface area contributed by atoms with Crippen LogP contribution < -0.4 is 15.5 Å². The Morgan fingerprint density at radius 2 is 1.69 bits per heavy atom. The molecule has 5 rings (SSSR count). The molecule has 45 heavy (non-hydrogen) atoms. The Balaban J connectivity index is 1.53. The van der Waals surface area contributed by atoms with Crippen molar-refractivity contribution < 1.29 is 29.0 Å². The van der Waals surface area contributed by atoms with E-state index < -0.39 is 11.4 Å². The van der Waals surface area contributed by atoms with E-state index in [-0.39, 0.29) is 18.5 Å². The first-order valence-corrected chi connectivity index (χ1v) is 15.8. The van der Waals surface area contributed by atoms with E-state index in [0.717, 1.165) is 58.6 Å². The van der Waals surface area contributed by atoms with Crippen LogP contribution in [0.3, 0.4) is 0 Å². The lowest BCUT2D eigenvalue weighted by Crippen LogP contribution is -2.41. The summed E-state index contributed by atoms with van der Waals surface area (Å²) in [6.07, 6.45) is 4.61. The van der Waals surface area contributed by atoms with Gasteiger partial charge in [0.2, 0.25) is 0 Å². The first-order chi connectivity index (χ1) is 21.7. The van der Waals surface area contributed by atoms with Gasteiger partial charge in [-0.25, -0.2) is 4.79 Å². The zero-order valence-corrected chi connectivity index (χ0v) is 26.6. The number of ether oxygens (including phenoxy) is 2. The average Bonchev–Trinajstić information content (AvgIpc) is 3.05. The van der Waals surface area contributed by atoms with Crippen molar-refractivity contribution in [2.45, 2.75) is 64.8 Å². The molecule has 0 aliphatic carbocycles. The molecule has 0 spiro atoms. The highest BCUT2D eigenvalue weighted by molar-refractivity contribution is 5.99. The highest BCUT2D eigenvalue weighted by Crippen LogP contribution is 2.38. The first-order valence-electron chi connectivity index (χ1n) is 15.8. The van der Waals surface area contributed by atoms with E-state index >= 15 is 0 Å². The van der Waals surface area contributed by atoms with E-state index in [1.807, 2.05) is 63.1 Å². The first kappa shape index (κ1) is 32.2. The minimum absolute atomic E-state index is 0.179. The predicted octanol–water partition coefficient (Wildman–Crippen LogP) is 5.07. The maximum atomic E-state index is 13.9. The minimum atomic E-state index is -0.967. The van der Waals surface area contributed by atoms with Crippen molar-refractivity contribution in [3.05, 3.63) is 81.7 Å². The van der Waals surface area contributed by atoms with Crippen LogP contribution in [0.1, 0.15) is 67.9 Å². The molecular formula is C36H43N3O6. The monoisotopic (exact) mass is 613 g/mol. The Bertz CT molecular complexity index is 1560. The summed E-state index contributed by atoms with van der Waals surface area (Å²) in [5.41, 5.74) is 6.76. The number of hydrogen-bond donors (Lipinski definition) is 3. The van der Waals surface area contributed by atoms with Crippen LogP contribution in [0.15, 0.2) is 65.0 Å². The van der Waals surface area contributed by atoms with E-state index in [1.54, 1.807) is 0 Å². The molecule has 3 N–H and O–H groups in total. The number of nitrogens with one attached hydrogen (secondary N) is 2. The number of benzene rings is 2. The van der Waals surface area contributed by atoms with Crippen LogP contribution in [0.25, 0.3) is 11.1 Å². The van der Waals surface area contributed by atoms with Crippen molar-refractivity contribution >= 4 is 23.5 Å². The molecule has 0 radical (unpaired) electrons. The number of amides is 1. The zero-order chi connectivity index (χ0) is 32.1. The van der Waals surface area contributed by atoms with E-state index in [2.05, 4.69) is 28.5 Å². The van der Waals surface area contributed by atoms with Gasteiger partial charge in [-0.1, -0.05) is 24.3 Å². The largest absolute Gasteiger partial charge is 0.481 e. The Morgan fingerprint density at radius 3 is 2.31 bits per heavy atom. The van der Waals surface area contributed by atoms with Crippen molar-refractivity contribution in [1.29, 1.82) is 0 Å². The molecule has 2 aromatic carbocycles. The molecule has 2 fully saturated rings. The third-order valence-corrected chi connectivity index (χ3v) is 9.49. The van der Waals surface area contributed by atoms with Crippen LogP contribution in [0.5, 0.6) is 0 Å². The average molecular weight is 614 g/mol. The van der Waals surface area contributed by atoms with Crippen molar-refractivity contribution in [3.8, 4) is 11.1 Å². The Kier molecular flexibility index (Phi) is 9.93. The van der Waals surface area contributed by atoms with Gasteiger partial charge in [0.25, 0.3) is 5.91 Å². The summed E-state index contributed by atoms with van der Waals surface area (Å²) < 4.78 is 11.1. The Hall–Kier alpha value is -4.17. The molecule has 2 saturated heterocycles. The second kappa shape index (κ2) is 13.9. The Labute approximate surface area is 265 Å². The summed E-state index contributed by atoms with van der Waals surface area (Å²) in [6, 6.07) is 12.0. The van der Waals surface area contributed by atoms with Gasteiger partial charge in [-0.3, -0.25) is 9.59 Å². The number of carbonyl (C=O) groups is 2. The van der Waals surface area contributed by atoms with Gasteiger partial charge in [-0.2, -0.15) is 0 Å². The molecule has 3 heterocycles. The van der Waals surface area contributed by atoms with Crippen molar-refractivity contribution in [2.75, 3.05) is 44.4 Å². The summed E-state index contributed by atoms with van der Waals surface area (Å²) in [6.45, 7) is 11.1. The molecule has 1 amide bonds. The van der Waals surface area contributed by atoms with Crippen LogP contribution >= 0.6 is 0 Å². The predicted molar refractivity (Wildman–Crippen MR) is 174 cm³/mol. The van der Waals surface area contributed by atoms with Gasteiger partial charge < -0.3 is 30.1 Å². The minimum Gasteiger partial charge on any atom is -0.481 e. The number of anilines is 1. The summed E-state index contributed by atoms with van der Waals surface area (Å²) in [7, 11) is 0. The number of hydrogen-bond acceptors (Lipinski definition) is 7. The normalized spacial score (nSPS) is 18.5. The summed E-state index contributed by atoms with van der Waals surface area (Å²) in [4.78, 5) is 40.3. The number of rotatable bonds is 9. The second-order valence-corrected chi connectivity index (χ2v) is 12.1. The molecule has 9 heteroatoms. The quantitative estimate of drug-likeness (QED) is 0.336. The molecule has 0 atom stereocenters. The molecular weight excluding hydrogens is 570 g/mol. The molecule has 2 aromatic rings. The number of aliphatic carboxylic acids is 1. The van der Waals surface area contributed by atoms with Gasteiger partial charge >= 0.3 is 5.97 Å². The third kappa shape index (κ3) is 6.61. The van der Waals surface area contributed by atoms with Crippen molar-refractivity contribution in [2.24, 2.45) is 0 Å². The number of carboxylic acids is 1. The lowest BCUT2D eigenvalue weighted by molar-refractivity contribution is -0.147. The summed E-state index contributed by atoms with van der Waals surface area (Å²) in [5, 5.41) is 16.3. The van der Waals surface area contributed by atoms with Gasteiger partial charge in [0.05, 0.1) is 5.41 Å². The highest BCUT2D eigenvalue weighted by atomic mass is 16.5. The standard InChI is InChI=1S/C36H43N3O6/c1-5-39(29-10-14-44-15-11-29)33-20-27(26-6-8-28(9-7-26)36(35(42)43)12-16-45-17-13-36)19-30(25(33)4)34(41)37-21-31-23(2)18-24(3)38-32(31)22-40/h6-9,18-20,29,38H,5,10-17,21H2,1-4H3,(H,37,41)(H,42,43). The molecule has 9 nitrogen and oxygen atoms in total. The highest BCUT2D eigenvalue weighted by Gasteiger charge is 2.41. The third-order valence-electron chi connectivity index (χ3n) is 9.49. The Morgan fingerprint density at radius 1 is 1.02 bits per heavy atom. The lowest BCUT2D eigenvalue weighted by atomic mass is 9.74. The fourth-order valence-electron chi connectivity index (χ4n) is 6.85. The van der Waals surface area contributed by atoms with Crippen LogP contribution in [-0.4, -0.2) is 68.5 Å². The molecule has 238 valence electrons. The van der Waals surface area contributed by atoms with Gasteiger partial charge in [0.1, 0.15) is 5.70 Å².